The van der Waals surface area contributed by atoms with Crippen LogP contribution in [0.5, 0.6) is 0 Å². The monoisotopic (exact) mass is 270 g/mol. The summed E-state index contributed by atoms with van der Waals surface area (Å²) in [5.74, 6) is 0.978. The molecule has 3 aliphatic rings. The first-order valence-corrected chi connectivity index (χ1v) is 8.42. The van der Waals surface area contributed by atoms with Gasteiger partial charge in [0.25, 0.3) is 0 Å². The van der Waals surface area contributed by atoms with Crippen LogP contribution in [-0.2, 0) is 13.0 Å². The number of hydrogen-bond acceptors (Lipinski definition) is 2. The van der Waals surface area contributed by atoms with Crippen molar-refractivity contribution in [3.63, 3.8) is 0 Å². The van der Waals surface area contributed by atoms with E-state index in [9.17, 15) is 0 Å². The molecule has 2 unspecified atom stereocenters. The second-order valence-electron chi connectivity index (χ2n) is 7.06. The molecule has 0 saturated carbocycles. The van der Waals surface area contributed by atoms with Gasteiger partial charge in [0.05, 0.1) is 0 Å². The molecule has 2 nitrogen and oxygen atoms in total. The summed E-state index contributed by atoms with van der Waals surface area (Å²) in [4.78, 5) is 2.67. The van der Waals surface area contributed by atoms with E-state index < -0.39 is 0 Å². The van der Waals surface area contributed by atoms with Crippen LogP contribution >= 0.6 is 0 Å². The average molecular weight is 270 g/mol. The van der Waals surface area contributed by atoms with E-state index in [4.69, 9.17) is 0 Å². The molecule has 3 aliphatic heterocycles. The van der Waals surface area contributed by atoms with E-state index in [1.165, 1.54) is 58.2 Å². The fourth-order valence-corrected chi connectivity index (χ4v) is 4.52. The molecule has 20 heavy (non-hydrogen) atoms. The molecular formula is C18H26N2. The highest BCUT2D eigenvalue weighted by Crippen LogP contribution is 2.33. The van der Waals surface area contributed by atoms with E-state index in [0.29, 0.717) is 0 Å². The van der Waals surface area contributed by atoms with Crippen LogP contribution < -0.4 is 5.32 Å². The molecule has 2 bridgehead atoms. The number of nitrogens with zero attached hydrogens (tertiary/aromatic N) is 1. The van der Waals surface area contributed by atoms with Crippen LogP contribution in [0.4, 0.5) is 0 Å². The lowest BCUT2D eigenvalue weighted by atomic mass is 9.89. The first kappa shape index (κ1) is 12.8. The number of fused-ring (bicyclic) bond motifs is 3. The Hall–Kier alpha value is -0.860. The summed E-state index contributed by atoms with van der Waals surface area (Å²) in [6, 6.07) is 10.7. The highest BCUT2D eigenvalue weighted by molar-refractivity contribution is 5.28. The molecule has 0 radical (unpaired) electrons. The first-order valence-electron chi connectivity index (χ1n) is 8.42. The Bertz CT molecular complexity index is 458. The molecule has 0 amide bonds. The molecule has 1 N–H and O–H groups in total. The fourth-order valence-electron chi connectivity index (χ4n) is 4.52. The maximum absolute atomic E-state index is 3.76. The minimum absolute atomic E-state index is 0.848. The molecular weight excluding hydrogens is 244 g/mol. The lowest BCUT2D eigenvalue weighted by molar-refractivity contribution is 0.206. The summed E-state index contributed by atoms with van der Waals surface area (Å²) in [5, 5.41) is 3.76. The van der Waals surface area contributed by atoms with Crippen molar-refractivity contribution < 1.29 is 0 Å². The van der Waals surface area contributed by atoms with Gasteiger partial charge >= 0.3 is 0 Å². The molecule has 2 atom stereocenters. The fraction of sp³-hybridized carbons (Fsp3) is 0.667. The van der Waals surface area contributed by atoms with Gasteiger partial charge in [-0.05, 0) is 62.1 Å². The third-order valence-electron chi connectivity index (χ3n) is 5.63. The molecule has 0 spiro atoms. The Morgan fingerprint density at radius 2 is 1.80 bits per heavy atom. The standard InChI is InChI=1S/C18H26N2/c1-2-4-16-13-20(10-8-15(16)3-1)9-7-14-11-17-5-6-18(12-14)19-17/h1-4,14,17-19H,5-13H2. The second kappa shape index (κ2) is 5.50. The van der Waals surface area contributed by atoms with Crippen molar-refractivity contribution >= 4 is 0 Å². The quantitative estimate of drug-likeness (QED) is 0.908. The van der Waals surface area contributed by atoms with Crippen LogP contribution in [0.25, 0.3) is 0 Å². The van der Waals surface area contributed by atoms with Gasteiger partial charge in [-0.15, -0.1) is 0 Å². The maximum atomic E-state index is 3.76. The number of hydrogen-bond donors (Lipinski definition) is 1. The van der Waals surface area contributed by atoms with Crippen LogP contribution in [-0.4, -0.2) is 30.1 Å². The van der Waals surface area contributed by atoms with Crippen molar-refractivity contribution in [3.8, 4) is 0 Å². The summed E-state index contributed by atoms with van der Waals surface area (Å²) in [5.41, 5.74) is 3.13. The van der Waals surface area contributed by atoms with E-state index in [2.05, 4.69) is 34.5 Å². The smallest absolute Gasteiger partial charge is 0.0236 e. The first-order chi connectivity index (χ1) is 9.87. The zero-order valence-electron chi connectivity index (χ0n) is 12.4. The number of benzene rings is 1. The normalized spacial score (nSPS) is 33.1. The van der Waals surface area contributed by atoms with Crippen LogP contribution in [0.15, 0.2) is 24.3 Å². The molecule has 1 aromatic rings. The predicted octanol–water partition coefficient (Wildman–Crippen LogP) is 2.97. The topological polar surface area (TPSA) is 15.3 Å². The molecule has 0 aromatic heterocycles. The molecule has 3 heterocycles. The molecule has 2 heteroatoms. The zero-order chi connectivity index (χ0) is 13.4. The number of nitrogens with one attached hydrogen (secondary N) is 1. The van der Waals surface area contributed by atoms with Gasteiger partial charge in [0, 0.05) is 25.2 Å². The van der Waals surface area contributed by atoms with E-state index in [1.807, 2.05) is 0 Å². The highest BCUT2D eigenvalue weighted by atomic mass is 15.1. The van der Waals surface area contributed by atoms with Crippen molar-refractivity contribution in [1.29, 1.82) is 0 Å². The van der Waals surface area contributed by atoms with Gasteiger partial charge in [-0.3, -0.25) is 4.90 Å². The third-order valence-corrected chi connectivity index (χ3v) is 5.63. The van der Waals surface area contributed by atoms with E-state index >= 15 is 0 Å². The minimum Gasteiger partial charge on any atom is -0.311 e. The van der Waals surface area contributed by atoms with Crippen LogP contribution in [0, 0.1) is 5.92 Å². The van der Waals surface area contributed by atoms with Gasteiger partial charge in [0.2, 0.25) is 0 Å². The highest BCUT2D eigenvalue weighted by Gasteiger charge is 2.33. The van der Waals surface area contributed by atoms with Crippen molar-refractivity contribution in [2.45, 2.75) is 57.2 Å². The molecule has 4 rings (SSSR count). The summed E-state index contributed by atoms with van der Waals surface area (Å²) in [6.45, 7) is 3.74. The molecule has 1 aromatic carbocycles. The Balaban J connectivity index is 1.30. The van der Waals surface area contributed by atoms with Crippen LogP contribution in [0.2, 0.25) is 0 Å². The summed E-state index contributed by atoms with van der Waals surface area (Å²) in [6.07, 6.45) is 8.38. The van der Waals surface area contributed by atoms with Crippen molar-refractivity contribution in [2.75, 3.05) is 13.1 Å². The van der Waals surface area contributed by atoms with Gasteiger partial charge in [-0.2, -0.15) is 0 Å². The van der Waals surface area contributed by atoms with Gasteiger partial charge in [0.15, 0.2) is 0 Å². The summed E-state index contributed by atoms with van der Waals surface area (Å²) < 4.78 is 0. The second-order valence-corrected chi connectivity index (χ2v) is 7.06. The van der Waals surface area contributed by atoms with Crippen LogP contribution in [0.3, 0.4) is 0 Å². The molecule has 108 valence electrons. The lowest BCUT2D eigenvalue weighted by Crippen LogP contribution is -2.39. The van der Waals surface area contributed by atoms with E-state index in [-0.39, 0.29) is 0 Å². The Labute approximate surface area is 122 Å². The van der Waals surface area contributed by atoms with Crippen molar-refractivity contribution in [1.82, 2.24) is 10.2 Å². The SMILES string of the molecule is c1ccc2c(c1)CCN(CCC1CC3CCC(C1)N3)C2. The Kier molecular flexibility index (Phi) is 3.53. The van der Waals surface area contributed by atoms with Crippen molar-refractivity contribution in [2.24, 2.45) is 5.92 Å². The zero-order valence-corrected chi connectivity index (χ0v) is 12.4. The van der Waals surface area contributed by atoms with Gasteiger partial charge in [-0.25, -0.2) is 0 Å². The molecule has 0 aliphatic carbocycles. The number of rotatable bonds is 3. The van der Waals surface area contributed by atoms with Gasteiger partial charge in [0.1, 0.15) is 0 Å². The Morgan fingerprint density at radius 1 is 1.05 bits per heavy atom. The van der Waals surface area contributed by atoms with Gasteiger partial charge < -0.3 is 5.32 Å². The summed E-state index contributed by atoms with van der Waals surface area (Å²) >= 11 is 0. The maximum Gasteiger partial charge on any atom is 0.0236 e. The predicted molar refractivity (Wildman–Crippen MR) is 82.7 cm³/mol. The average Bonchev–Trinajstić information content (AvgIpc) is 2.84. The third kappa shape index (κ3) is 2.64. The number of piperidine rings is 1. The Morgan fingerprint density at radius 3 is 2.60 bits per heavy atom. The molecule has 2 saturated heterocycles. The van der Waals surface area contributed by atoms with Gasteiger partial charge in [-0.1, -0.05) is 24.3 Å². The lowest BCUT2D eigenvalue weighted by Gasteiger charge is -2.33. The van der Waals surface area contributed by atoms with E-state index in [1.54, 1.807) is 11.1 Å². The summed E-state index contributed by atoms with van der Waals surface area (Å²) in [7, 11) is 0. The molecule has 2 fully saturated rings. The van der Waals surface area contributed by atoms with Crippen molar-refractivity contribution in [3.05, 3.63) is 35.4 Å². The van der Waals surface area contributed by atoms with E-state index in [0.717, 1.165) is 18.0 Å². The minimum atomic E-state index is 0.848. The van der Waals surface area contributed by atoms with Crippen LogP contribution in [0.1, 0.15) is 43.2 Å². The largest absolute Gasteiger partial charge is 0.311 e.